The molecular weight excluding hydrogens is 381 g/mol. The van der Waals surface area contributed by atoms with Crippen molar-refractivity contribution in [1.82, 2.24) is 10.2 Å². The molecule has 1 fully saturated rings. The minimum atomic E-state index is -0.302. The van der Waals surface area contributed by atoms with Crippen LogP contribution in [-0.2, 0) is 9.53 Å². The van der Waals surface area contributed by atoms with E-state index in [2.05, 4.69) is 5.32 Å². The van der Waals surface area contributed by atoms with Crippen LogP contribution in [0.2, 0.25) is 0 Å². The Morgan fingerprint density at radius 1 is 1.25 bits per heavy atom. The number of hydrogen-bond acceptors (Lipinski definition) is 4. The van der Waals surface area contributed by atoms with Gasteiger partial charge in [0.15, 0.2) is 6.54 Å². The minimum Gasteiger partial charge on any atom is -0.450 e. The molecule has 0 saturated carbocycles. The number of rotatable bonds is 6. The fraction of sp³-hybridized carbons (Fsp3) is 0.400. The number of amides is 2. The molecule has 2 amide bonds. The molecule has 2 aromatic rings. The highest BCUT2D eigenvalue weighted by Gasteiger charge is 2.27. The van der Waals surface area contributed by atoms with Gasteiger partial charge in [-0.25, -0.2) is 9.18 Å². The average molecular weight is 407 g/mol. The number of nitrogens with zero attached hydrogens (tertiary/aromatic N) is 1. The first-order valence-electron chi connectivity index (χ1n) is 9.40. The fourth-order valence-electron chi connectivity index (χ4n) is 3.27. The molecule has 0 bridgehead atoms. The molecule has 0 radical (unpaired) electrons. The quantitative estimate of drug-likeness (QED) is 0.763. The zero-order chi connectivity index (χ0) is 19.9. The van der Waals surface area contributed by atoms with Gasteiger partial charge < -0.3 is 15.0 Å². The van der Waals surface area contributed by atoms with Crippen LogP contribution < -0.4 is 10.2 Å². The molecule has 1 atom stereocenters. The van der Waals surface area contributed by atoms with E-state index in [9.17, 15) is 14.0 Å². The molecule has 3 rings (SSSR count). The first kappa shape index (κ1) is 20.3. The Bertz CT molecular complexity index is 775. The van der Waals surface area contributed by atoms with Crippen molar-refractivity contribution in [3.63, 3.8) is 0 Å². The van der Waals surface area contributed by atoms with Crippen LogP contribution in [0, 0.1) is 5.82 Å². The highest BCUT2D eigenvalue weighted by molar-refractivity contribution is 7.10. The molecule has 0 aliphatic carbocycles. The summed E-state index contributed by atoms with van der Waals surface area (Å²) in [5, 5.41) is 5.04. The molecule has 1 aromatic carbocycles. The summed E-state index contributed by atoms with van der Waals surface area (Å²) in [7, 11) is 0. The first-order chi connectivity index (χ1) is 13.6. The normalized spacial score (nSPS) is 15.9. The predicted octanol–water partition coefficient (Wildman–Crippen LogP) is 1.45. The van der Waals surface area contributed by atoms with E-state index in [1.807, 2.05) is 17.5 Å². The summed E-state index contributed by atoms with van der Waals surface area (Å²) >= 11 is 1.55. The van der Waals surface area contributed by atoms with Crippen LogP contribution >= 0.6 is 11.3 Å². The van der Waals surface area contributed by atoms with Gasteiger partial charge in [-0.15, -0.1) is 11.3 Å². The number of benzene rings is 1. The number of hydrogen-bond donors (Lipinski definition) is 2. The van der Waals surface area contributed by atoms with Gasteiger partial charge in [0.2, 0.25) is 0 Å². The standard InChI is InChI=1S/C20H24FN3O3S/c1-2-27-20(26)24-11-9-23(10-12-24)14-18(25)22-19(17-4-3-13-28-17)15-5-7-16(21)8-6-15/h3-8,13,19H,2,9-12,14H2,1H3,(H,22,25)/p+1/t19-/m1/s1. The Labute approximate surface area is 167 Å². The number of piperazine rings is 1. The molecule has 2 N–H and O–H groups in total. The molecule has 150 valence electrons. The highest BCUT2D eigenvalue weighted by Crippen LogP contribution is 2.26. The van der Waals surface area contributed by atoms with Gasteiger partial charge in [0.05, 0.1) is 38.8 Å². The van der Waals surface area contributed by atoms with E-state index in [1.165, 1.54) is 12.1 Å². The number of carbonyl (C=O) groups excluding carboxylic acids is 2. The van der Waals surface area contributed by atoms with Crippen molar-refractivity contribution in [3.8, 4) is 0 Å². The van der Waals surface area contributed by atoms with Crippen molar-refractivity contribution in [1.29, 1.82) is 0 Å². The van der Waals surface area contributed by atoms with E-state index in [4.69, 9.17) is 4.74 Å². The van der Waals surface area contributed by atoms with Crippen LogP contribution in [0.25, 0.3) is 0 Å². The number of carbonyl (C=O) groups is 2. The van der Waals surface area contributed by atoms with E-state index >= 15 is 0 Å². The summed E-state index contributed by atoms with van der Waals surface area (Å²) < 4.78 is 18.3. The molecule has 0 unspecified atom stereocenters. The van der Waals surface area contributed by atoms with Crippen LogP contribution in [0.5, 0.6) is 0 Å². The number of quaternary nitrogens is 1. The van der Waals surface area contributed by atoms with Gasteiger partial charge >= 0.3 is 6.09 Å². The smallest absolute Gasteiger partial charge is 0.410 e. The minimum absolute atomic E-state index is 0.0673. The van der Waals surface area contributed by atoms with E-state index in [0.717, 1.165) is 15.3 Å². The second-order valence-electron chi connectivity index (χ2n) is 6.68. The van der Waals surface area contributed by atoms with Crippen LogP contribution in [0.1, 0.15) is 23.4 Å². The second kappa shape index (κ2) is 9.66. The largest absolute Gasteiger partial charge is 0.450 e. The molecular formula is C20H25FN3O3S+. The van der Waals surface area contributed by atoms with Gasteiger partial charge in [0, 0.05) is 4.88 Å². The lowest BCUT2D eigenvalue weighted by Crippen LogP contribution is -3.15. The average Bonchev–Trinajstić information content (AvgIpc) is 3.22. The number of ether oxygens (including phenoxy) is 1. The molecule has 8 heteroatoms. The third-order valence-electron chi connectivity index (χ3n) is 4.74. The Balaban J connectivity index is 1.58. The molecule has 2 heterocycles. The van der Waals surface area contributed by atoms with Gasteiger partial charge in [0.25, 0.3) is 5.91 Å². The number of thiophene rings is 1. The Hall–Kier alpha value is -2.45. The van der Waals surface area contributed by atoms with Crippen molar-refractivity contribution in [3.05, 3.63) is 58.0 Å². The molecule has 1 aliphatic heterocycles. The van der Waals surface area contributed by atoms with Gasteiger partial charge in [-0.05, 0) is 36.1 Å². The predicted molar refractivity (Wildman–Crippen MR) is 105 cm³/mol. The van der Waals surface area contributed by atoms with Gasteiger partial charge in [-0.2, -0.15) is 0 Å². The third kappa shape index (κ3) is 5.30. The fourth-order valence-corrected chi connectivity index (χ4v) is 4.07. The maximum atomic E-state index is 13.3. The Kier molecular flexibility index (Phi) is 7.00. The lowest BCUT2D eigenvalue weighted by molar-refractivity contribution is -0.896. The van der Waals surface area contributed by atoms with Crippen molar-refractivity contribution in [2.24, 2.45) is 0 Å². The van der Waals surface area contributed by atoms with Gasteiger partial charge in [-0.1, -0.05) is 18.2 Å². The zero-order valence-electron chi connectivity index (χ0n) is 15.8. The molecule has 1 aromatic heterocycles. The van der Waals surface area contributed by atoms with Crippen molar-refractivity contribution >= 4 is 23.3 Å². The Morgan fingerprint density at radius 3 is 2.57 bits per heavy atom. The third-order valence-corrected chi connectivity index (χ3v) is 5.68. The number of halogens is 1. The van der Waals surface area contributed by atoms with Crippen LogP contribution in [0.15, 0.2) is 41.8 Å². The number of nitrogens with one attached hydrogen (secondary N) is 2. The summed E-state index contributed by atoms with van der Waals surface area (Å²) in [6, 6.07) is 9.81. The van der Waals surface area contributed by atoms with Crippen LogP contribution in [-0.4, -0.2) is 56.2 Å². The molecule has 6 nitrogen and oxygen atoms in total. The van der Waals surface area contributed by atoms with Crippen LogP contribution in [0.3, 0.4) is 0 Å². The van der Waals surface area contributed by atoms with E-state index in [-0.39, 0.29) is 23.9 Å². The van der Waals surface area contributed by atoms with E-state index in [1.54, 1.807) is 35.3 Å². The lowest BCUT2D eigenvalue weighted by Gasteiger charge is -2.31. The SMILES string of the molecule is CCOC(=O)N1CC[NH+](CC(=O)N[C@H](c2ccc(F)cc2)c2cccs2)CC1. The monoisotopic (exact) mass is 406 g/mol. The highest BCUT2D eigenvalue weighted by atomic mass is 32.1. The first-order valence-corrected chi connectivity index (χ1v) is 10.3. The van der Waals surface area contributed by atoms with Gasteiger partial charge in [0.1, 0.15) is 5.82 Å². The molecule has 0 spiro atoms. The molecule has 1 saturated heterocycles. The van der Waals surface area contributed by atoms with Crippen molar-refractivity contribution in [2.75, 3.05) is 39.3 Å². The second-order valence-corrected chi connectivity index (χ2v) is 7.66. The summed E-state index contributed by atoms with van der Waals surface area (Å²) in [6.07, 6.45) is -0.292. The topological polar surface area (TPSA) is 63.1 Å². The van der Waals surface area contributed by atoms with Crippen molar-refractivity contribution in [2.45, 2.75) is 13.0 Å². The van der Waals surface area contributed by atoms with Crippen LogP contribution in [0.4, 0.5) is 9.18 Å². The summed E-state index contributed by atoms with van der Waals surface area (Å²) in [5.74, 6) is -0.369. The lowest BCUT2D eigenvalue weighted by atomic mass is 10.1. The van der Waals surface area contributed by atoms with E-state index < -0.39 is 0 Å². The summed E-state index contributed by atoms with van der Waals surface area (Å²) in [6.45, 7) is 5.04. The zero-order valence-corrected chi connectivity index (χ0v) is 16.6. The van der Waals surface area contributed by atoms with E-state index in [0.29, 0.717) is 39.3 Å². The maximum Gasteiger partial charge on any atom is 0.410 e. The van der Waals surface area contributed by atoms with Crippen molar-refractivity contribution < 1.29 is 23.6 Å². The molecule has 1 aliphatic rings. The summed E-state index contributed by atoms with van der Waals surface area (Å²) in [5.41, 5.74) is 0.847. The maximum absolute atomic E-state index is 13.3. The van der Waals surface area contributed by atoms with Gasteiger partial charge in [-0.3, -0.25) is 9.69 Å². The summed E-state index contributed by atoms with van der Waals surface area (Å²) in [4.78, 5) is 28.3. The molecule has 28 heavy (non-hydrogen) atoms. The Morgan fingerprint density at radius 2 is 1.96 bits per heavy atom.